The molecule has 0 aliphatic rings. The van der Waals surface area contributed by atoms with Gasteiger partial charge in [0, 0.05) is 18.0 Å². The Balaban J connectivity index is 2.46. The fraction of sp³-hybridized carbons (Fsp3) is 0.455. The SMILES string of the molecule is CCc1cccc(NCCSC)c1. The Labute approximate surface area is 84.9 Å². The summed E-state index contributed by atoms with van der Waals surface area (Å²) < 4.78 is 0. The molecule has 1 N–H and O–H groups in total. The standard InChI is InChI=1S/C11H17NS/c1-3-10-5-4-6-11(9-10)12-7-8-13-2/h4-6,9,12H,3,7-8H2,1-2H3. The number of benzene rings is 1. The topological polar surface area (TPSA) is 12.0 Å². The number of rotatable bonds is 5. The molecular weight excluding hydrogens is 178 g/mol. The van der Waals surface area contributed by atoms with Crippen molar-refractivity contribution in [2.75, 3.05) is 23.9 Å². The van der Waals surface area contributed by atoms with Crippen LogP contribution in [0.15, 0.2) is 24.3 Å². The molecule has 2 heteroatoms. The van der Waals surface area contributed by atoms with Crippen LogP contribution in [0.4, 0.5) is 5.69 Å². The molecule has 0 atom stereocenters. The molecule has 0 saturated heterocycles. The summed E-state index contributed by atoms with van der Waals surface area (Å²) in [7, 11) is 0. The van der Waals surface area contributed by atoms with E-state index in [2.05, 4.69) is 42.8 Å². The number of thioether (sulfide) groups is 1. The third-order valence-electron chi connectivity index (χ3n) is 1.97. The third-order valence-corrected chi connectivity index (χ3v) is 2.58. The van der Waals surface area contributed by atoms with Crippen LogP contribution in [0.25, 0.3) is 0 Å². The first-order valence-corrected chi connectivity index (χ1v) is 6.08. The normalized spacial score (nSPS) is 10.0. The average molecular weight is 195 g/mol. The zero-order valence-electron chi connectivity index (χ0n) is 8.34. The van der Waals surface area contributed by atoms with Crippen molar-refractivity contribution >= 4 is 17.4 Å². The lowest BCUT2D eigenvalue weighted by Gasteiger charge is -2.06. The van der Waals surface area contributed by atoms with Crippen LogP contribution in [-0.2, 0) is 6.42 Å². The van der Waals surface area contributed by atoms with Gasteiger partial charge in [0.15, 0.2) is 0 Å². The van der Waals surface area contributed by atoms with Crippen LogP contribution in [-0.4, -0.2) is 18.6 Å². The fourth-order valence-electron chi connectivity index (χ4n) is 1.20. The first kappa shape index (κ1) is 10.5. The molecule has 1 rings (SSSR count). The van der Waals surface area contributed by atoms with Crippen molar-refractivity contribution in [3.63, 3.8) is 0 Å². The summed E-state index contributed by atoms with van der Waals surface area (Å²) in [4.78, 5) is 0. The van der Waals surface area contributed by atoms with E-state index >= 15 is 0 Å². The van der Waals surface area contributed by atoms with Crippen molar-refractivity contribution in [2.24, 2.45) is 0 Å². The molecule has 0 bridgehead atoms. The van der Waals surface area contributed by atoms with Crippen LogP contribution in [0.5, 0.6) is 0 Å². The van der Waals surface area contributed by atoms with Crippen molar-refractivity contribution in [3.8, 4) is 0 Å². The molecule has 0 aromatic heterocycles. The Hall–Kier alpha value is -0.630. The van der Waals surface area contributed by atoms with Gasteiger partial charge < -0.3 is 5.32 Å². The first-order chi connectivity index (χ1) is 6.36. The van der Waals surface area contributed by atoms with Crippen LogP contribution in [0.3, 0.4) is 0 Å². The molecule has 0 heterocycles. The molecule has 0 fully saturated rings. The summed E-state index contributed by atoms with van der Waals surface area (Å²) in [5.41, 5.74) is 2.64. The molecule has 0 aliphatic carbocycles. The highest BCUT2D eigenvalue weighted by Gasteiger charge is 1.92. The number of anilines is 1. The van der Waals surface area contributed by atoms with Gasteiger partial charge in [0.05, 0.1) is 0 Å². The van der Waals surface area contributed by atoms with E-state index in [9.17, 15) is 0 Å². The second-order valence-corrected chi connectivity index (χ2v) is 3.96. The van der Waals surface area contributed by atoms with Gasteiger partial charge in [-0.3, -0.25) is 0 Å². The molecule has 0 aliphatic heterocycles. The smallest absolute Gasteiger partial charge is 0.0343 e. The second-order valence-electron chi connectivity index (χ2n) is 2.97. The molecule has 1 aromatic carbocycles. The van der Waals surface area contributed by atoms with Crippen LogP contribution >= 0.6 is 11.8 Å². The van der Waals surface area contributed by atoms with Crippen LogP contribution in [0, 0.1) is 0 Å². The van der Waals surface area contributed by atoms with Crippen molar-refractivity contribution in [2.45, 2.75) is 13.3 Å². The minimum Gasteiger partial charge on any atom is -0.384 e. The summed E-state index contributed by atoms with van der Waals surface area (Å²) in [5, 5.41) is 3.40. The Morgan fingerprint density at radius 1 is 1.38 bits per heavy atom. The Morgan fingerprint density at radius 2 is 2.23 bits per heavy atom. The Morgan fingerprint density at radius 3 is 2.92 bits per heavy atom. The molecule has 1 aromatic rings. The zero-order chi connectivity index (χ0) is 9.52. The number of nitrogens with one attached hydrogen (secondary N) is 1. The summed E-state index contributed by atoms with van der Waals surface area (Å²) >= 11 is 1.87. The molecule has 0 amide bonds. The van der Waals surface area contributed by atoms with Crippen molar-refractivity contribution in [1.82, 2.24) is 0 Å². The van der Waals surface area contributed by atoms with Crippen molar-refractivity contribution in [3.05, 3.63) is 29.8 Å². The summed E-state index contributed by atoms with van der Waals surface area (Å²) in [6.07, 6.45) is 3.24. The molecular formula is C11H17NS. The summed E-state index contributed by atoms with van der Waals surface area (Å²) in [5.74, 6) is 1.16. The average Bonchev–Trinajstić information content (AvgIpc) is 2.19. The number of hydrogen-bond acceptors (Lipinski definition) is 2. The molecule has 13 heavy (non-hydrogen) atoms. The van der Waals surface area contributed by atoms with Gasteiger partial charge >= 0.3 is 0 Å². The number of hydrogen-bond donors (Lipinski definition) is 1. The Bertz CT molecular complexity index is 248. The highest BCUT2D eigenvalue weighted by molar-refractivity contribution is 7.98. The molecule has 72 valence electrons. The van der Waals surface area contributed by atoms with Crippen molar-refractivity contribution in [1.29, 1.82) is 0 Å². The molecule has 0 spiro atoms. The minimum atomic E-state index is 1.05. The summed E-state index contributed by atoms with van der Waals surface area (Å²) in [6.45, 7) is 3.23. The molecule has 0 saturated carbocycles. The zero-order valence-corrected chi connectivity index (χ0v) is 9.16. The van der Waals surface area contributed by atoms with Gasteiger partial charge in [-0.2, -0.15) is 11.8 Å². The molecule has 0 unspecified atom stereocenters. The van der Waals surface area contributed by atoms with Crippen LogP contribution in [0.2, 0.25) is 0 Å². The highest BCUT2D eigenvalue weighted by Crippen LogP contribution is 2.10. The van der Waals surface area contributed by atoms with E-state index in [1.54, 1.807) is 0 Å². The monoisotopic (exact) mass is 195 g/mol. The van der Waals surface area contributed by atoms with Crippen molar-refractivity contribution < 1.29 is 0 Å². The van der Waals surface area contributed by atoms with Gasteiger partial charge in [-0.1, -0.05) is 19.1 Å². The molecule has 0 radical (unpaired) electrons. The van der Waals surface area contributed by atoms with Gasteiger partial charge in [-0.15, -0.1) is 0 Å². The van der Waals surface area contributed by atoms with E-state index < -0.39 is 0 Å². The minimum absolute atomic E-state index is 1.05. The fourth-order valence-corrected chi connectivity index (χ4v) is 1.50. The lowest BCUT2D eigenvalue weighted by atomic mass is 10.1. The van der Waals surface area contributed by atoms with Gasteiger partial charge in [-0.25, -0.2) is 0 Å². The van der Waals surface area contributed by atoms with Crippen LogP contribution in [0.1, 0.15) is 12.5 Å². The maximum Gasteiger partial charge on any atom is 0.0343 e. The first-order valence-electron chi connectivity index (χ1n) is 4.68. The third kappa shape index (κ3) is 3.73. The van der Waals surface area contributed by atoms with E-state index in [1.807, 2.05) is 11.8 Å². The second kappa shape index (κ2) is 5.92. The van der Waals surface area contributed by atoms with Gasteiger partial charge in [0.2, 0.25) is 0 Å². The van der Waals surface area contributed by atoms with E-state index in [1.165, 1.54) is 11.3 Å². The predicted molar refractivity (Wildman–Crippen MR) is 62.7 cm³/mol. The van der Waals surface area contributed by atoms with Crippen LogP contribution < -0.4 is 5.32 Å². The molecule has 1 nitrogen and oxygen atoms in total. The highest BCUT2D eigenvalue weighted by atomic mass is 32.2. The van der Waals surface area contributed by atoms with E-state index in [-0.39, 0.29) is 0 Å². The van der Waals surface area contributed by atoms with Gasteiger partial charge in [-0.05, 0) is 30.4 Å². The van der Waals surface area contributed by atoms with Gasteiger partial charge in [0.1, 0.15) is 0 Å². The lowest BCUT2D eigenvalue weighted by molar-refractivity contribution is 1.13. The number of aryl methyl sites for hydroxylation is 1. The largest absolute Gasteiger partial charge is 0.384 e. The quantitative estimate of drug-likeness (QED) is 0.725. The Kier molecular flexibility index (Phi) is 4.76. The predicted octanol–water partition coefficient (Wildman–Crippen LogP) is 3.02. The summed E-state index contributed by atoms with van der Waals surface area (Å²) in [6, 6.07) is 8.62. The van der Waals surface area contributed by atoms with E-state index in [0.29, 0.717) is 0 Å². The maximum atomic E-state index is 3.40. The maximum absolute atomic E-state index is 3.40. The lowest BCUT2D eigenvalue weighted by Crippen LogP contribution is -2.03. The van der Waals surface area contributed by atoms with E-state index in [4.69, 9.17) is 0 Å². The van der Waals surface area contributed by atoms with Gasteiger partial charge in [0.25, 0.3) is 0 Å². The van der Waals surface area contributed by atoms with E-state index in [0.717, 1.165) is 18.7 Å².